The second kappa shape index (κ2) is 6.75. The van der Waals surface area contributed by atoms with Gasteiger partial charge in [-0.2, -0.15) is 0 Å². The van der Waals surface area contributed by atoms with Crippen LogP contribution in [0.5, 0.6) is 0 Å². The van der Waals surface area contributed by atoms with Crippen LogP contribution in [0.1, 0.15) is 59.8 Å². The first-order valence-corrected chi connectivity index (χ1v) is 7.28. The zero-order valence-electron chi connectivity index (χ0n) is 12.1. The Morgan fingerprint density at radius 3 is 2.29 bits per heavy atom. The lowest BCUT2D eigenvalue weighted by atomic mass is 9.83. The van der Waals surface area contributed by atoms with Gasteiger partial charge in [0.15, 0.2) is 0 Å². The van der Waals surface area contributed by atoms with Gasteiger partial charge in [-0.1, -0.05) is 27.7 Å². The van der Waals surface area contributed by atoms with Crippen LogP contribution in [0.4, 0.5) is 0 Å². The van der Waals surface area contributed by atoms with Crippen molar-refractivity contribution in [2.45, 2.75) is 65.9 Å². The molecule has 0 atom stereocenters. The highest BCUT2D eigenvalue weighted by Gasteiger charge is 2.22. The van der Waals surface area contributed by atoms with E-state index in [4.69, 9.17) is 0 Å². The van der Waals surface area contributed by atoms with Crippen molar-refractivity contribution in [3.63, 3.8) is 0 Å². The van der Waals surface area contributed by atoms with Crippen molar-refractivity contribution in [2.75, 3.05) is 13.1 Å². The van der Waals surface area contributed by atoms with E-state index in [9.17, 15) is 5.11 Å². The van der Waals surface area contributed by atoms with Gasteiger partial charge in [-0.05, 0) is 55.9 Å². The molecule has 0 unspecified atom stereocenters. The van der Waals surface area contributed by atoms with Crippen LogP contribution in [0.3, 0.4) is 0 Å². The van der Waals surface area contributed by atoms with E-state index in [1.54, 1.807) is 0 Å². The Morgan fingerprint density at radius 2 is 1.76 bits per heavy atom. The molecular formula is C15H31NO. The highest BCUT2D eigenvalue weighted by atomic mass is 16.3. The minimum Gasteiger partial charge on any atom is -0.393 e. The van der Waals surface area contributed by atoms with E-state index in [2.05, 4.69) is 33.0 Å². The van der Waals surface area contributed by atoms with Crippen LogP contribution in [0.25, 0.3) is 0 Å². The second-order valence-corrected chi connectivity index (χ2v) is 7.07. The predicted octanol–water partition coefficient (Wildman–Crippen LogP) is 3.20. The third kappa shape index (κ3) is 6.42. The van der Waals surface area contributed by atoms with Crippen molar-refractivity contribution in [3.8, 4) is 0 Å². The smallest absolute Gasteiger partial charge is 0.0540 e. The van der Waals surface area contributed by atoms with Crippen LogP contribution in [-0.4, -0.2) is 24.3 Å². The molecule has 1 aliphatic carbocycles. The summed E-state index contributed by atoms with van der Waals surface area (Å²) in [6.07, 6.45) is 5.65. The Bertz CT molecular complexity index is 205. The maximum atomic E-state index is 9.46. The topological polar surface area (TPSA) is 32.3 Å². The number of rotatable bonds is 6. The monoisotopic (exact) mass is 241 g/mol. The normalized spacial score (nSPS) is 26.5. The fraction of sp³-hybridized carbons (Fsp3) is 1.00. The van der Waals surface area contributed by atoms with E-state index in [1.165, 1.54) is 19.3 Å². The second-order valence-electron chi connectivity index (χ2n) is 7.07. The van der Waals surface area contributed by atoms with Gasteiger partial charge in [0.1, 0.15) is 0 Å². The summed E-state index contributed by atoms with van der Waals surface area (Å²) in [6.45, 7) is 11.5. The van der Waals surface area contributed by atoms with Crippen LogP contribution < -0.4 is 5.32 Å². The van der Waals surface area contributed by atoms with E-state index < -0.39 is 0 Å². The van der Waals surface area contributed by atoms with Crippen LogP contribution in [0, 0.1) is 17.3 Å². The maximum Gasteiger partial charge on any atom is 0.0540 e. The van der Waals surface area contributed by atoms with E-state index in [-0.39, 0.29) is 6.10 Å². The van der Waals surface area contributed by atoms with Crippen molar-refractivity contribution in [1.29, 1.82) is 0 Å². The zero-order valence-corrected chi connectivity index (χ0v) is 12.1. The van der Waals surface area contributed by atoms with Gasteiger partial charge in [-0.25, -0.2) is 0 Å². The molecule has 0 radical (unpaired) electrons. The first-order chi connectivity index (χ1) is 7.89. The molecule has 2 nitrogen and oxygen atoms in total. The molecule has 0 spiro atoms. The van der Waals surface area contributed by atoms with Crippen molar-refractivity contribution < 1.29 is 5.11 Å². The van der Waals surface area contributed by atoms with Gasteiger partial charge >= 0.3 is 0 Å². The number of hydrogen-bond acceptors (Lipinski definition) is 2. The van der Waals surface area contributed by atoms with Crippen LogP contribution >= 0.6 is 0 Å². The lowest BCUT2D eigenvalue weighted by Gasteiger charge is -2.30. The Balaban J connectivity index is 2.14. The standard InChI is InChI=1S/C15H31NO/c1-12(2)9-15(3,4)11-16-10-13-5-7-14(17)8-6-13/h12-14,16-17H,5-11H2,1-4H3. The van der Waals surface area contributed by atoms with E-state index in [0.717, 1.165) is 37.8 Å². The molecule has 0 aromatic carbocycles. The SMILES string of the molecule is CC(C)CC(C)(C)CNCC1CCC(O)CC1. The average molecular weight is 241 g/mol. The molecule has 1 fully saturated rings. The molecule has 0 aliphatic heterocycles. The third-order valence-corrected chi connectivity index (χ3v) is 3.81. The molecule has 2 heteroatoms. The first kappa shape index (κ1) is 15.0. The largest absolute Gasteiger partial charge is 0.393 e. The molecule has 102 valence electrons. The van der Waals surface area contributed by atoms with Gasteiger partial charge in [-0.15, -0.1) is 0 Å². The molecular weight excluding hydrogens is 210 g/mol. The molecule has 2 N–H and O–H groups in total. The van der Waals surface area contributed by atoms with Crippen LogP contribution in [-0.2, 0) is 0 Å². The summed E-state index contributed by atoms with van der Waals surface area (Å²) < 4.78 is 0. The van der Waals surface area contributed by atoms with E-state index in [0.29, 0.717) is 5.41 Å². The van der Waals surface area contributed by atoms with Crippen molar-refractivity contribution in [1.82, 2.24) is 5.32 Å². The number of hydrogen-bond donors (Lipinski definition) is 2. The molecule has 0 heterocycles. The summed E-state index contributed by atoms with van der Waals surface area (Å²) in [4.78, 5) is 0. The van der Waals surface area contributed by atoms with Crippen LogP contribution in [0.2, 0.25) is 0 Å². The summed E-state index contributed by atoms with van der Waals surface area (Å²) in [7, 11) is 0. The maximum absolute atomic E-state index is 9.46. The van der Waals surface area contributed by atoms with Crippen molar-refractivity contribution in [2.24, 2.45) is 17.3 Å². The summed E-state index contributed by atoms with van der Waals surface area (Å²) in [6, 6.07) is 0. The fourth-order valence-electron chi connectivity index (χ4n) is 3.14. The molecule has 1 rings (SSSR count). The van der Waals surface area contributed by atoms with Gasteiger partial charge in [0.2, 0.25) is 0 Å². The minimum absolute atomic E-state index is 0.0244. The minimum atomic E-state index is -0.0244. The van der Waals surface area contributed by atoms with Gasteiger partial charge < -0.3 is 10.4 Å². The Labute approximate surface area is 107 Å². The summed E-state index contributed by atoms with van der Waals surface area (Å²) >= 11 is 0. The highest BCUT2D eigenvalue weighted by molar-refractivity contribution is 4.77. The Hall–Kier alpha value is -0.0800. The molecule has 17 heavy (non-hydrogen) atoms. The Morgan fingerprint density at radius 1 is 1.18 bits per heavy atom. The van der Waals surface area contributed by atoms with Crippen LogP contribution in [0.15, 0.2) is 0 Å². The molecule has 0 aromatic rings. The van der Waals surface area contributed by atoms with Gasteiger partial charge in [-0.3, -0.25) is 0 Å². The number of aliphatic hydroxyl groups excluding tert-OH is 1. The van der Waals surface area contributed by atoms with Crippen molar-refractivity contribution in [3.05, 3.63) is 0 Å². The molecule has 0 amide bonds. The summed E-state index contributed by atoms with van der Waals surface area (Å²) in [5.41, 5.74) is 0.405. The summed E-state index contributed by atoms with van der Waals surface area (Å²) in [5.74, 6) is 1.56. The number of aliphatic hydroxyl groups is 1. The quantitative estimate of drug-likeness (QED) is 0.748. The molecule has 1 aliphatic rings. The molecule has 1 saturated carbocycles. The van der Waals surface area contributed by atoms with Crippen molar-refractivity contribution >= 4 is 0 Å². The fourth-order valence-corrected chi connectivity index (χ4v) is 3.14. The number of nitrogens with one attached hydrogen (secondary N) is 1. The van der Waals surface area contributed by atoms with Gasteiger partial charge in [0, 0.05) is 6.54 Å². The molecule has 0 saturated heterocycles. The summed E-state index contributed by atoms with van der Waals surface area (Å²) in [5, 5.41) is 13.1. The Kier molecular flexibility index (Phi) is 5.94. The predicted molar refractivity (Wildman–Crippen MR) is 74.1 cm³/mol. The first-order valence-electron chi connectivity index (χ1n) is 7.28. The van der Waals surface area contributed by atoms with E-state index >= 15 is 0 Å². The lowest BCUT2D eigenvalue weighted by molar-refractivity contribution is 0.107. The zero-order chi connectivity index (χ0) is 12.9. The average Bonchev–Trinajstić information content (AvgIpc) is 2.18. The lowest BCUT2D eigenvalue weighted by Crippen LogP contribution is -2.35. The van der Waals surface area contributed by atoms with Gasteiger partial charge in [0.05, 0.1) is 6.10 Å². The molecule has 0 aromatic heterocycles. The third-order valence-electron chi connectivity index (χ3n) is 3.81. The van der Waals surface area contributed by atoms with E-state index in [1.807, 2.05) is 0 Å². The molecule has 0 bridgehead atoms. The highest BCUT2D eigenvalue weighted by Crippen LogP contribution is 2.26. The van der Waals surface area contributed by atoms with Gasteiger partial charge in [0.25, 0.3) is 0 Å².